The third-order valence-corrected chi connectivity index (χ3v) is 4.83. The van der Waals surface area contributed by atoms with Crippen molar-refractivity contribution in [2.45, 2.75) is 44.7 Å². The molecule has 2 unspecified atom stereocenters. The lowest BCUT2D eigenvalue weighted by molar-refractivity contribution is -0.127. The van der Waals surface area contributed by atoms with Crippen LogP contribution in [0.5, 0.6) is 0 Å². The molecule has 168 valence electrons. The molecule has 0 aliphatic heterocycles. The van der Waals surface area contributed by atoms with E-state index in [9.17, 15) is 19.2 Å². The van der Waals surface area contributed by atoms with Crippen LogP contribution in [0.1, 0.15) is 31.7 Å². The number of hydrogen-bond acceptors (Lipinski definition) is 5. The molecule has 0 saturated heterocycles. The molecular weight excluding hydrogens is 400 g/mol. The fourth-order valence-electron chi connectivity index (χ4n) is 3.27. The van der Waals surface area contributed by atoms with E-state index in [-0.39, 0.29) is 31.3 Å². The van der Waals surface area contributed by atoms with Crippen LogP contribution in [0.4, 0.5) is 4.79 Å². The molecule has 7 N–H and O–H groups in total. The molecule has 31 heavy (non-hydrogen) atoms. The highest BCUT2D eigenvalue weighted by molar-refractivity contribution is 5.93. The molecule has 1 aromatic carbocycles. The summed E-state index contributed by atoms with van der Waals surface area (Å²) >= 11 is 0. The lowest BCUT2D eigenvalue weighted by Gasteiger charge is -2.19. The van der Waals surface area contributed by atoms with Gasteiger partial charge in [0.2, 0.25) is 18.2 Å². The monoisotopic (exact) mass is 430 g/mol. The van der Waals surface area contributed by atoms with E-state index in [4.69, 9.17) is 5.73 Å². The van der Waals surface area contributed by atoms with Gasteiger partial charge in [0.15, 0.2) is 0 Å². The second-order valence-corrected chi connectivity index (χ2v) is 7.32. The molecule has 2 rings (SSSR count). The number of carbonyl (C=O) groups excluding carboxylic acids is 4. The average Bonchev–Trinajstić information content (AvgIpc) is 3.15. The Morgan fingerprint density at radius 1 is 1.16 bits per heavy atom. The molecule has 1 heterocycles. The SMILES string of the molecule is CC(CCCCN)NC(=O)CNC(=O)C(Cc1c[nH]c2ccccc12)NC(=O)NC=O. The molecule has 2 aromatic rings. The Labute approximate surface area is 180 Å². The van der Waals surface area contributed by atoms with Crippen molar-refractivity contribution in [2.75, 3.05) is 13.1 Å². The minimum absolute atomic E-state index is 0.0329. The number of fused-ring (bicyclic) bond motifs is 1. The average molecular weight is 431 g/mol. The van der Waals surface area contributed by atoms with E-state index in [1.807, 2.05) is 36.5 Å². The lowest BCUT2D eigenvalue weighted by atomic mass is 10.0. The summed E-state index contributed by atoms with van der Waals surface area (Å²) < 4.78 is 0. The van der Waals surface area contributed by atoms with Crippen LogP contribution in [0.3, 0.4) is 0 Å². The topological polar surface area (TPSA) is 158 Å². The molecule has 2 atom stereocenters. The van der Waals surface area contributed by atoms with Gasteiger partial charge in [0, 0.05) is 29.6 Å². The Bertz CT molecular complexity index is 897. The van der Waals surface area contributed by atoms with Crippen LogP contribution in [-0.2, 0) is 20.8 Å². The standard InChI is InChI=1S/C21H30N6O4/c1-14(6-4-5-9-22)26-19(29)12-24-20(30)18(27-21(31)25-13-28)10-15-11-23-17-8-3-2-7-16(15)17/h2-3,7-8,11,13-14,18,23H,4-6,9-10,12,22H2,1H3,(H,24,30)(H,26,29)(H2,25,27,28,31). The van der Waals surface area contributed by atoms with Crippen molar-refractivity contribution in [3.05, 3.63) is 36.0 Å². The third kappa shape index (κ3) is 7.74. The highest BCUT2D eigenvalue weighted by Gasteiger charge is 2.23. The summed E-state index contributed by atoms with van der Waals surface area (Å²) in [5, 5.41) is 10.7. The molecule has 0 spiro atoms. The molecule has 0 aliphatic rings. The number of amides is 5. The first-order chi connectivity index (χ1) is 14.9. The molecule has 0 fully saturated rings. The van der Waals surface area contributed by atoms with E-state index in [0.29, 0.717) is 6.54 Å². The maximum Gasteiger partial charge on any atom is 0.321 e. The molecule has 0 bridgehead atoms. The van der Waals surface area contributed by atoms with Crippen LogP contribution in [0, 0.1) is 0 Å². The van der Waals surface area contributed by atoms with Gasteiger partial charge in [-0.1, -0.05) is 24.6 Å². The maximum absolute atomic E-state index is 12.7. The van der Waals surface area contributed by atoms with E-state index in [1.165, 1.54) is 0 Å². The number of rotatable bonds is 12. The zero-order valence-electron chi connectivity index (χ0n) is 17.6. The number of imide groups is 1. The van der Waals surface area contributed by atoms with Crippen molar-refractivity contribution in [1.29, 1.82) is 0 Å². The predicted molar refractivity (Wildman–Crippen MR) is 117 cm³/mol. The van der Waals surface area contributed by atoms with Gasteiger partial charge in [0.05, 0.1) is 6.54 Å². The molecule has 0 radical (unpaired) electrons. The first-order valence-electron chi connectivity index (χ1n) is 10.3. The van der Waals surface area contributed by atoms with Gasteiger partial charge in [0.1, 0.15) is 6.04 Å². The summed E-state index contributed by atoms with van der Waals surface area (Å²) in [6, 6.07) is 5.76. The second kappa shape index (κ2) is 12.3. The molecule has 10 nitrogen and oxygen atoms in total. The number of urea groups is 1. The summed E-state index contributed by atoms with van der Waals surface area (Å²) in [4.78, 5) is 50.3. The zero-order chi connectivity index (χ0) is 22.6. The normalized spacial score (nSPS) is 12.6. The van der Waals surface area contributed by atoms with Crippen molar-refractivity contribution in [3.8, 4) is 0 Å². The molecule has 0 saturated carbocycles. The molecule has 1 aromatic heterocycles. The zero-order valence-corrected chi connectivity index (χ0v) is 17.6. The fraction of sp³-hybridized carbons (Fsp3) is 0.429. The number of nitrogens with one attached hydrogen (secondary N) is 5. The summed E-state index contributed by atoms with van der Waals surface area (Å²) in [6.07, 6.45) is 4.77. The number of aromatic amines is 1. The highest BCUT2D eigenvalue weighted by Crippen LogP contribution is 2.19. The van der Waals surface area contributed by atoms with E-state index < -0.39 is 18.0 Å². The van der Waals surface area contributed by atoms with Crippen LogP contribution in [0.25, 0.3) is 10.9 Å². The lowest BCUT2D eigenvalue weighted by Crippen LogP contribution is -2.52. The van der Waals surface area contributed by atoms with Crippen LogP contribution in [0.15, 0.2) is 30.5 Å². The van der Waals surface area contributed by atoms with Gasteiger partial charge in [-0.2, -0.15) is 0 Å². The van der Waals surface area contributed by atoms with Crippen molar-refractivity contribution in [2.24, 2.45) is 5.73 Å². The summed E-state index contributed by atoms with van der Waals surface area (Å²) in [7, 11) is 0. The summed E-state index contributed by atoms with van der Waals surface area (Å²) in [5.74, 6) is -0.853. The number of benzene rings is 1. The van der Waals surface area contributed by atoms with Crippen LogP contribution >= 0.6 is 0 Å². The largest absolute Gasteiger partial charge is 0.361 e. The summed E-state index contributed by atoms with van der Waals surface area (Å²) in [5.41, 5.74) is 7.19. The van der Waals surface area contributed by atoms with Gasteiger partial charge in [0.25, 0.3) is 0 Å². The van der Waals surface area contributed by atoms with E-state index in [2.05, 4.69) is 20.9 Å². The Morgan fingerprint density at radius 3 is 2.68 bits per heavy atom. The fourth-order valence-corrected chi connectivity index (χ4v) is 3.27. The van der Waals surface area contributed by atoms with Gasteiger partial charge in [-0.05, 0) is 37.9 Å². The number of para-hydroxylation sites is 1. The highest BCUT2D eigenvalue weighted by atomic mass is 16.2. The molecule has 5 amide bonds. The van der Waals surface area contributed by atoms with Gasteiger partial charge >= 0.3 is 6.03 Å². The van der Waals surface area contributed by atoms with E-state index >= 15 is 0 Å². The van der Waals surface area contributed by atoms with Crippen molar-refractivity contribution in [1.82, 2.24) is 26.3 Å². The van der Waals surface area contributed by atoms with E-state index in [1.54, 1.807) is 6.20 Å². The molecular formula is C21H30N6O4. The number of unbranched alkanes of at least 4 members (excludes halogenated alkanes) is 1. The number of carbonyl (C=O) groups is 4. The van der Waals surface area contributed by atoms with Gasteiger partial charge in [-0.25, -0.2) is 4.79 Å². The quantitative estimate of drug-likeness (QED) is 0.211. The summed E-state index contributed by atoms with van der Waals surface area (Å²) in [6.45, 7) is 2.28. The van der Waals surface area contributed by atoms with Gasteiger partial charge in [-0.15, -0.1) is 0 Å². The van der Waals surface area contributed by atoms with Crippen LogP contribution < -0.4 is 27.0 Å². The number of nitrogens with two attached hydrogens (primary N) is 1. The van der Waals surface area contributed by atoms with Gasteiger partial charge in [-0.3, -0.25) is 19.7 Å². The van der Waals surface area contributed by atoms with Crippen LogP contribution in [0.2, 0.25) is 0 Å². The number of H-pyrrole nitrogens is 1. The van der Waals surface area contributed by atoms with Crippen molar-refractivity contribution < 1.29 is 19.2 Å². The Kier molecular flexibility index (Phi) is 9.50. The Morgan fingerprint density at radius 2 is 1.94 bits per heavy atom. The van der Waals surface area contributed by atoms with Crippen molar-refractivity contribution in [3.63, 3.8) is 0 Å². The number of hydrogen-bond donors (Lipinski definition) is 6. The molecule has 10 heteroatoms. The maximum atomic E-state index is 12.7. The molecule has 0 aliphatic carbocycles. The minimum atomic E-state index is -0.978. The third-order valence-electron chi connectivity index (χ3n) is 4.83. The minimum Gasteiger partial charge on any atom is -0.361 e. The van der Waals surface area contributed by atoms with Crippen LogP contribution in [-0.4, -0.2) is 54.4 Å². The van der Waals surface area contributed by atoms with Gasteiger partial charge < -0.3 is 26.7 Å². The van der Waals surface area contributed by atoms with E-state index in [0.717, 1.165) is 35.7 Å². The Balaban J connectivity index is 1.97. The first-order valence-corrected chi connectivity index (χ1v) is 10.3. The second-order valence-electron chi connectivity index (χ2n) is 7.32. The number of aromatic nitrogens is 1. The van der Waals surface area contributed by atoms with Crippen molar-refractivity contribution >= 4 is 35.2 Å². The predicted octanol–water partition coefficient (Wildman–Crippen LogP) is 0.285. The Hall–Kier alpha value is -3.40. The first kappa shape index (κ1) is 23.9. The smallest absolute Gasteiger partial charge is 0.321 e.